The van der Waals surface area contributed by atoms with Crippen molar-refractivity contribution in [3.63, 3.8) is 0 Å². The minimum absolute atomic E-state index is 0.257. The molecule has 6 N–H and O–H groups in total. The minimum atomic E-state index is -1.11. The normalized spacial score (nSPS) is 26.5. The first-order valence-corrected chi connectivity index (χ1v) is 8.44. The van der Waals surface area contributed by atoms with Crippen LogP contribution < -0.4 is 11.5 Å². The third-order valence-corrected chi connectivity index (χ3v) is 4.48. The lowest BCUT2D eigenvalue weighted by atomic mass is 10.1. The minimum Gasteiger partial charge on any atom is -0.387 e. The van der Waals surface area contributed by atoms with E-state index in [0.29, 0.717) is 36.6 Å². The maximum absolute atomic E-state index is 10.5. The zero-order valence-electron chi connectivity index (χ0n) is 14.9. The zero-order chi connectivity index (χ0) is 18.8. The first-order valence-electron chi connectivity index (χ1n) is 8.44. The van der Waals surface area contributed by atoms with Gasteiger partial charge >= 0.3 is 0 Å². The molecule has 0 aliphatic carbocycles. The van der Waals surface area contributed by atoms with E-state index in [0.717, 1.165) is 0 Å². The number of nitrogens with zero attached hydrogens (tertiary/aromatic N) is 5. The van der Waals surface area contributed by atoms with Gasteiger partial charge in [0.2, 0.25) is 0 Å². The number of rotatable bonds is 6. The number of hydrogen-bond acceptors (Lipinski definition) is 9. The Balaban J connectivity index is 1.81. The Morgan fingerprint density at radius 3 is 2.81 bits per heavy atom. The lowest BCUT2D eigenvalue weighted by Crippen LogP contribution is -2.38. The van der Waals surface area contributed by atoms with Crippen LogP contribution in [0.2, 0.25) is 0 Å². The molecular formula is C16H25N7O3. The summed E-state index contributed by atoms with van der Waals surface area (Å²) in [7, 11) is 1.91. The van der Waals surface area contributed by atoms with Gasteiger partial charge < -0.3 is 31.3 Å². The van der Waals surface area contributed by atoms with Gasteiger partial charge in [0, 0.05) is 19.6 Å². The SMILES string of the molecule is Cc1nc2c(N)ncnc2n1[C@@H]1O[C@H](CN(C)CC=CCN)[C@H](O)[C@H]1O. The van der Waals surface area contributed by atoms with Crippen LogP contribution in [0.15, 0.2) is 18.5 Å². The third kappa shape index (κ3) is 3.41. The summed E-state index contributed by atoms with van der Waals surface area (Å²) < 4.78 is 7.62. The Bertz CT molecular complexity index is 793. The van der Waals surface area contributed by atoms with Crippen molar-refractivity contribution in [3.8, 4) is 0 Å². The third-order valence-electron chi connectivity index (χ3n) is 4.48. The molecule has 10 heteroatoms. The van der Waals surface area contributed by atoms with E-state index < -0.39 is 24.5 Å². The van der Waals surface area contributed by atoms with Crippen molar-refractivity contribution in [2.24, 2.45) is 5.73 Å². The Morgan fingerprint density at radius 2 is 2.08 bits per heavy atom. The fourth-order valence-corrected chi connectivity index (χ4v) is 3.17. The predicted octanol–water partition coefficient (Wildman–Crippen LogP) is -1.22. The first kappa shape index (κ1) is 18.7. The van der Waals surface area contributed by atoms with Crippen LogP contribution >= 0.6 is 0 Å². The summed E-state index contributed by atoms with van der Waals surface area (Å²) in [6.07, 6.45) is 1.65. The highest BCUT2D eigenvalue weighted by Gasteiger charge is 2.45. The second-order valence-electron chi connectivity index (χ2n) is 6.43. The van der Waals surface area contributed by atoms with Crippen LogP contribution in [-0.4, -0.2) is 79.6 Å². The molecule has 1 aliphatic heterocycles. The maximum atomic E-state index is 10.5. The molecule has 10 nitrogen and oxygen atoms in total. The van der Waals surface area contributed by atoms with Crippen LogP contribution in [0.25, 0.3) is 11.2 Å². The van der Waals surface area contributed by atoms with Crippen LogP contribution in [0, 0.1) is 6.92 Å². The molecule has 26 heavy (non-hydrogen) atoms. The summed E-state index contributed by atoms with van der Waals surface area (Å²) in [4.78, 5) is 14.5. The molecule has 4 atom stereocenters. The van der Waals surface area contributed by atoms with E-state index in [-0.39, 0.29) is 5.82 Å². The number of aromatic nitrogens is 4. The van der Waals surface area contributed by atoms with Crippen molar-refractivity contribution in [1.82, 2.24) is 24.4 Å². The number of fused-ring (bicyclic) bond motifs is 1. The largest absolute Gasteiger partial charge is 0.387 e. The van der Waals surface area contributed by atoms with Crippen molar-refractivity contribution in [2.45, 2.75) is 31.5 Å². The van der Waals surface area contributed by atoms with E-state index in [9.17, 15) is 10.2 Å². The second kappa shape index (κ2) is 7.64. The molecule has 2 aromatic rings. The molecule has 0 unspecified atom stereocenters. The lowest BCUT2D eigenvalue weighted by Gasteiger charge is -2.21. The summed E-state index contributed by atoms with van der Waals surface area (Å²) in [5.41, 5.74) is 12.2. The molecule has 0 spiro atoms. The van der Waals surface area contributed by atoms with E-state index in [2.05, 4.69) is 15.0 Å². The molecule has 3 rings (SSSR count). The van der Waals surface area contributed by atoms with Crippen molar-refractivity contribution >= 4 is 17.0 Å². The van der Waals surface area contributed by atoms with Gasteiger partial charge in [0.05, 0.1) is 0 Å². The zero-order valence-corrected chi connectivity index (χ0v) is 14.9. The predicted molar refractivity (Wildman–Crippen MR) is 96.1 cm³/mol. The second-order valence-corrected chi connectivity index (χ2v) is 6.43. The van der Waals surface area contributed by atoms with Crippen LogP contribution in [0.3, 0.4) is 0 Å². The van der Waals surface area contributed by atoms with Gasteiger partial charge in [-0.15, -0.1) is 0 Å². The van der Waals surface area contributed by atoms with Gasteiger partial charge in [-0.1, -0.05) is 12.2 Å². The number of ether oxygens (including phenoxy) is 1. The lowest BCUT2D eigenvalue weighted by molar-refractivity contribution is -0.0424. The van der Waals surface area contributed by atoms with E-state index in [4.69, 9.17) is 16.2 Å². The number of anilines is 1. The Kier molecular flexibility index (Phi) is 5.49. The molecule has 0 radical (unpaired) electrons. The molecule has 1 fully saturated rings. The van der Waals surface area contributed by atoms with Gasteiger partial charge in [0.15, 0.2) is 23.2 Å². The summed E-state index contributed by atoms with van der Waals surface area (Å²) in [6, 6.07) is 0. The molecule has 3 heterocycles. The Labute approximate surface area is 151 Å². The number of aliphatic hydroxyl groups is 2. The van der Waals surface area contributed by atoms with E-state index >= 15 is 0 Å². The van der Waals surface area contributed by atoms with Crippen molar-refractivity contribution < 1.29 is 14.9 Å². The highest BCUT2D eigenvalue weighted by Crippen LogP contribution is 2.33. The smallest absolute Gasteiger partial charge is 0.167 e. The van der Waals surface area contributed by atoms with Gasteiger partial charge in [-0.05, 0) is 14.0 Å². The maximum Gasteiger partial charge on any atom is 0.167 e. The van der Waals surface area contributed by atoms with Crippen molar-refractivity contribution in [2.75, 3.05) is 32.4 Å². The molecule has 0 bridgehead atoms. The fraction of sp³-hybridized carbons (Fsp3) is 0.562. The Hall–Kier alpha value is -2.11. The average molecular weight is 363 g/mol. The number of hydrogen-bond donors (Lipinski definition) is 4. The van der Waals surface area contributed by atoms with Gasteiger partial charge in [-0.3, -0.25) is 4.57 Å². The standard InChI is InChI=1S/C16H25N7O3/c1-9-21-11-14(18)19-8-20-15(11)23(9)16-13(25)12(24)10(26-16)7-22(2)6-4-3-5-17/h3-4,8,10,12-13,16,24-25H,5-7,17H2,1-2H3,(H2,18,19,20)/t10-,12+,13-,16-/m1/s1. The van der Waals surface area contributed by atoms with Gasteiger partial charge in [0.1, 0.15) is 30.5 Å². The topological polar surface area (TPSA) is 149 Å². The quantitative estimate of drug-likeness (QED) is 0.463. The summed E-state index contributed by atoms with van der Waals surface area (Å²) in [5, 5.41) is 21.0. The van der Waals surface area contributed by atoms with Crippen molar-refractivity contribution in [1.29, 1.82) is 0 Å². The van der Waals surface area contributed by atoms with Crippen molar-refractivity contribution in [3.05, 3.63) is 24.3 Å². The Morgan fingerprint density at radius 1 is 1.31 bits per heavy atom. The molecular weight excluding hydrogens is 338 g/mol. The van der Waals surface area contributed by atoms with E-state index in [1.54, 1.807) is 11.5 Å². The van der Waals surface area contributed by atoms with Crippen LogP contribution in [-0.2, 0) is 4.74 Å². The molecule has 0 saturated carbocycles. The van der Waals surface area contributed by atoms with Crippen LogP contribution in [0.4, 0.5) is 5.82 Å². The number of imidazole rings is 1. The summed E-state index contributed by atoms with van der Waals surface area (Å²) >= 11 is 0. The van der Waals surface area contributed by atoms with E-state index in [1.807, 2.05) is 24.1 Å². The molecule has 0 amide bonds. The number of nitrogen functional groups attached to an aromatic ring is 1. The number of likely N-dealkylation sites (N-methyl/N-ethyl adjacent to an activating group) is 1. The van der Waals surface area contributed by atoms with Gasteiger partial charge in [-0.2, -0.15) is 0 Å². The van der Waals surface area contributed by atoms with E-state index in [1.165, 1.54) is 6.33 Å². The molecule has 142 valence electrons. The number of aryl methyl sites for hydroxylation is 1. The van der Waals surface area contributed by atoms with Gasteiger partial charge in [-0.25, -0.2) is 15.0 Å². The number of aliphatic hydroxyl groups excluding tert-OH is 2. The van der Waals surface area contributed by atoms with Crippen LogP contribution in [0.5, 0.6) is 0 Å². The first-order chi connectivity index (χ1) is 12.4. The van der Waals surface area contributed by atoms with Gasteiger partial charge in [0.25, 0.3) is 0 Å². The molecule has 1 saturated heterocycles. The monoisotopic (exact) mass is 363 g/mol. The average Bonchev–Trinajstić information content (AvgIpc) is 3.07. The molecule has 1 aliphatic rings. The molecule has 0 aromatic carbocycles. The summed E-state index contributed by atoms with van der Waals surface area (Å²) in [6.45, 7) is 3.36. The molecule has 2 aromatic heterocycles. The van der Waals surface area contributed by atoms with Crippen LogP contribution in [0.1, 0.15) is 12.1 Å². The summed E-state index contributed by atoms with van der Waals surface area (Å²) in [5.74, 6) is 0.830. The highest BCUT2D eigenvalue weighted by molar-refractivity contribution is 5.81. The highest BCUT2D eigenvalue weighted by atomic mass is 16.6. The fourth-order valence-electron chi connectivity index (χ4n) is 3.17. The number of nitrogens with two attached hydrogens (primary N) is 2.